The monoisotopic (exact) mass is 555 g/mol. The van der Waals surface area contributed by atoms with Crippen molar-refractivity contribution in [2.75, 3.05) is 0 Å². The third kappa shape index (κ3) is 5.06. The quantitative estimate of drug-likeness (QED) is 0.242. The van der Waals surface area contributed by atoms with Gasteiger partial charge in [0.2, 0.25) is 0 Å². The van der Waals surface area contributed by atoms with E-state index in [0.29, 0.717) is 33.1 Å². The molecule has 12 heteroatoms. The lowest BCUT2D eigenvalue weighted by molar-refractivity contribution is -0.140. The molecule has 8 nitrogen and oxygen atoms in total. The Morgan fingerprint density at radius 2 is 1.67 bits per heavy atom. The highest BCUT2D eigenvalue weighted by atomic mass is 35.5. The molecule has 4 heterocycles. The van der Waals surface area contributed by atoms with E-state index in [1.54, 1.807) is 55.1 Å². The molecule has 202 valence electrons. The van der Waals surface area contributed by atoms with Crippen molar-refractivity contribution in [3.63, 3.8) is 0 Å². The van der Waals surface area contributed by atoms with E-state index in [1.165, 1.54) is 21.4 Å². The van der Waals surface area contributed by atoms with Crippen LogP contribution in [0, 0.1) is 0 Å². The number of halogens is 4. The Labute approximate surface area is 226 Å². The predicted molar refractivity (Wildman–Crippen MR) is 143 cm³/mol. The molecule has 0 saturated carbocycles. The third-order valence-corrected chi connectivity index (χ3v) is 6.58. The lowest BCUT2D eigenvalue weighted by Gasteiger charge is -2.14. The zero-order chi connectivity index (χ0) is 28.1. The largest absolute Gasteiger partial charge is 0.434 e. The summed E-state index contributed by atoms with van der Waals surface area (Å²) >= 11 is 6.40. The highest BCUT2D eigenvalue weighted by Gasteiger charge is 2.35. The van der Waals surface area contributed by atoms with Crippen molar-refractivity contribution in [3.8, 4) is 22.9 Å². The van der Waals surface area contributed by atoms with Gasteiger partial charge in [0, 0.05) is 41.5 Å². The number of alkyl halides is 3. The van der Waals surface area contributed by atoms with Gasteiger partial charge in [-0.15, -0.1) is 0 Å². The van der Waals surface area contributed by atoms with Crippen LogP contribution in [0.15, 0.2) is 59.8 Å². The molecule has 0 aliphatic carbocycles. The average molecular weight is 556 g/mol. The van der Waals surface area contributed by atoms with Gasteiger partial charge in [0.25, 0.3) is 5.56 Å². The molecule has 0 bridgehead atoms. The first-order valence-corrected chi connectivity index (χ1v) is 12.7. The maximum atomic E-state index is 13.3. The Morgan fingerprint density at radius 3 is 2.31 bits per heavy atom. The first-order chi connectivity index (χ1) is 18.4. The Hall–Kier alpha value is -3.99. The van der Waals surface area contributed by atoms with Crippen LogP contribution in [0.1, 0.15) is 51.0 Å². The predicted octanol–water partition coefficient (Wildman–Crippen LogP) is 6.40. The van der Waals surface area contributed by atoms with E-state index in [9.17, 15) is 18.0 Å². The summed E-state index contributed by atoms with van der Waals surface area (Å²) in [6.45, 7) is 7.71. The average Bonchev–Trinajstić information content (AvgIpc) is 3.51. The van der Waals surface area contributed by atoms with Gasteiger partial charge in [-0.25, -0.2) is 15.0 Å². The van der Waals surface area contributed by atoms with Crippen molar-refractivity contribution in [2.45, 2.75) is 52.5 Å². The molecule has 0 radical (unpaired) electrons. The van der Waals surface area contributed by atoms with Gasteiger partial charge in [-0.3, -0.25) is 14.0 Å². The third-order valence-electron chi connectivity index (χ3n) is 6.31. The summed E-state index contributed by atoms with van der Waals surface area (Å²) in [4.78, 5) is 25.9. The highest BCUT2D eigenvalue weighted by molar-refractivity contribution is 6.32. The number of benzene rings is 1. The van der Waals surface area contributed by atoms with Crippen LogP contribution in [0.2, 0.25) is 5.02 Å². The van der Waals surface area contributed by atoms with Gasteiger partial charge in [-0.05, 0) is 39.3 Å². The molecule has 0 spiro atoms. The molecule has 0 amide bonds. The van der Waals surface area contributed by atoms with E-state index in [4.69, 9.17) is 11.6 Å². The van der Waals surface area contributed by atoms with Crippen LogP contribution in [0.5, 0.6) is 0 Å². The van der Waals surface area contributed by atoms with E-state index >= 15 is 0 Å². The van der Waals surface area contributed by atoms with Crippen LogP contribution in [-0.2, 0) is 12.7 Å². The summed E-state index contributed by atoms with van der Waals surface area (Å²) in [6, 6.07) is 9.84. The van der Waals surface area contributed by atoms with Crippen molar-refractivity contribution in [3.05, 3.63) is 81.6 Å². The Kier molecular flexibility index (Phi) is 6.79. The van der Waals surface area contributed by atoms with E-state index in [-0.39, 0.29) is 30.0 Å². The first kappa shape index (κ1) is 26.6. The number of fused-ring (bicyclic) bond motifs is 1. The van der Waals surface area contributed by atoms with Crippen LogP contribution in [0.25, 0.3) is 33.9 Å². The van der Waals surface area contributed by atoms with Crippen molar-refractivity contribution in [2.24, 2.45) is 0 Å². The SMILES string of the molecule is CC(C)n1cc(C(F)(F)F)nc1-c1ccc(Cn2c(=O)ccc3cnc(-c4c(Cl)cnn4C(C)C)nc32)cc1. The van der Waals surface area contributed by atoms with Gasteiger partial charge in [0.05, 0.1) is 17.8 Å². The van der Waals surface area contributed by atoms with E-state index in [2.05, 4.69) is 20.1 Å². The summed E-state index contributed by atoms with van der Waals surface area (Å²) in [5.74, 6) is 0.566. The molecule has 1 aromatic carbocycles. The number of pyridine rings is 1. The van der Waals surface area contributed by atoms with Gasteiger partial charge in [-0.2, -0.15) is 18.3 Å². The molecule has 5 rings (SSSR count). The van der Waals surface area contributed by atoms with Crippen molar-refractivity contribution in [1.82, 2.24) is 33.9 Å². The normalized spacial score (nSPS) is 12.3. The summed E-state index contributed by atoms with van der Waals surface area (Å²) in [7, 11) is 0. The fourth-order valence-electron chi connectivity index (χ4n) is 4.36. The number of aromatic nitrogens is 7. The molecule has 0 saturated heterocycles. The second-order valence-corrected chi connectivity index (χ2v) is 10.2. The molecular weight excluding hydrogens is 531 g/mol. The molecule has 0 atom stereocenters. The van der Waals surface area contributed by atoms with E-state index in [1.807, 2.05) is 13.8 Å². The summed E-state index contributed by atoms with van der Waals surface area (Å²) in [5.41, 5.74) is 1.08. The van der Waals surface area contributed by atoms with E-state index < -0.39 is 11.9 Å². The smallest absolute Gasteiger partial charge is 0.328 e. The molecule has 39 heavy (non-hydrogen) atoms. The zero-order valence-corrected chi connectivity index (χ0v) is 22.4. The van der Waals surface area contributed by atoms with Crippen LogP contribution in [-0.4, -0.2) is 33.9 Å². The van der Waals surface area contributed by atoms with Crippen molar-refractivity contribution >= 4 is 22.6 Å². The van der Waals surface area contributed by atoms with Crippen molar-refractivity contribution < 1.29 is 13.2 Å². The van der Waals surface area contributed by atoms with Crippen molar-refractivity contribution in [1.29, 1.82) is 0 Å². The zero-order valence-electron chi connectivity index (χ0n) is 21.6. The van der Waals surface area contributed by atoms with Gasteiger partial charge < -0.3 is 4.57 Å². The molecule has 4 aromatic heterocycles. The Bertz CT molecular complexity index is 1720. The van der Waals surface area contributed by atoms with Gasteiger partial charge >= 0.3 is 6.18 Å². The van der Waals surface area contributed by atoms with Gasteiger partial charge in [0.1, 0.15) is 17.2 Å². The Morgan fingerprint density at radius 1 is 0.949 bits per heavy atom. The van der Waals surface area contributed by atoms with Gasteiger partial charge in [-0.1, -0.05) is 35.9 Å². The van der Waals surface area contributed by atoms with Gasteiger partial charge in [0.15, 0.2) is 11.5 Å². The Balaban J connectivity index is 1.53. The molecule has 0 unspecified atom stereocenters. The van der Waals surface area contributed by atoms with Crippen LogP contribution in [0.4, 0.5) is 13.2 Å². The molecule has 0 aliphatic rings. The molecule has 5 aromatic rings. The fourth-order valence-corrected chi connectivity index (χ4v) is 4.57. The maximum absolute atomic E-state index is 13.3. The highest BCUT2D eigenvalue weighted by Crippen LogP contribution is 2.33. The van der Waals surface area contributed by atoms with Crippen LogP contribution < -0.4 is 5.56 Å². The summed E-state index contributed by atoms with van der Waals surface area (Å²) in [6.07, 6.45) is -0.346. The first-order valence-electron chi connectivity index (χ1n) is 12.3. The fraction of sp³-hybridized carbons (Fsp3) is 0.296. The lowest BCUT2D eigenvalue weighted by atomic mass is 10.1. The molecule has 0 fully saturated rings. The minimum atomic E-state index is -4.54. The molecular formula is C27H25ClF3N7O. The number of hydrogen-bond acceptors (Lipinski definition) is 5. The number of rotatable bonds is 6. The molecule has 0 N–H and O–H groups in total. The van der Waals surface area contributed by atoms with E-state index in [0.717, 1.165) is 11.8 Å². The summed E-state index contributed by atoms with van der Waals surface area (Å²) in [5, 5.41) is 5.38. The second-order valence-electron chi connectivity index (χ2n) is 9.76. The minimum Gasteiger partial charge on any atom is -0.328 e. The number of hydrogen-bond donors (Lipinski definition) is 0. The van der Waals surface area contributed by atoms with Crippen LogP contribution >= 0.6 is 11.6 Å². The topological polar surface area (TPSA) is 83.4 Å². The van der Waals surface area contributed by atoms with Crippen LogP contribution in [0.3, 0.4) is 0 Å². The summed E-state index contributed by atoms with van der Waals surface area (Å²) < 4.78 is 44.7. The standard InChI is InChI=1S/C27H25ClF3N7O/c1-15(2)36-14-21(27(29,30)31)34-25(36)18-7-5-17(6-8-18)13-37-22(39)10-9-19-11-32-24(35-26(19)37)23-20(28)12-33-38(23)16(3)4/h5-12,14-16H,13H2,1-4H3. The lowest BCUT2D eigenvalue weighted by Crippen LogP contribution is -2.21. The molecule has 0 aliphatic heterocycles. The maximum Gasteiger partial charge on any atom is 0.434 e. The minimum absolute atomic E-state index is 0.0155. The second kappa shape index (κ2) is 9.96. The number of imidazole rings is 1. The number of nitrogens with zero attached hydrogens (tertiary/aromatic N) is 7.